The van der Waals surface area contributed by atoms with Crippen molar-refractivity contribution in [3.63, 3.8) is 0 Å². The molecule has 0 aliphatic rings. The third kappa shape index (κ3) is 2.77. The molecule has 0 saturated heterocycles. The molecule has 21 heavy (non-hydrogen) atoms. The molecule has 3 aromatic rings. The Morgan fingerprint density at radius 2 is 1.81 bits per heavy atom. The number of phenolic OH excluding ortho intramolecular Hbond substituents is 1. The molecule has 3 rings (SSSR count). The zero-order valence-corrected chi connectivity index (χ0v) is 11.8. The summed E-state index contributed by atoms with van der Waals surface area (Å²) in [4.78, 5) is 0. The fourth-order valence-corrected chi connectivity index (χ4v) is 2.41. The van der Waals surface area contributed by atoms with Gasteiger partial charge in [0.15, 0.2) is 11.5 Å². The van der Waals surface area contributed by atoms with Crippen molar-refractivity contribution in [2.45, 2.75) is 6.54 Å². The van der Waals surface area contributed by atoms with Gasteiger partial charge >= 0.3 is 0 Å². The Hall–Kier alpha value is -2.68. The van der Waals surface area contributed by atoms with E-state index >= 15 is 0 Å². The highest BCUT2D eigenvalue weighted by Crippen LogP contribution is 2.27. The highest BCUT2D eigenvalue weighted by Gasteiger charge is 2.04. The van der Waals surface area contributed by atoms with Gasteiger partial charge in [0.25, 0.3) is 0 Å². The largest absolute Gasteiger partial charge is 0.504 e. The molecule has 3 heteroatoms. The maximum atomic E-state index is 9.62. The van der Waals surface area contributed by atoms with Gasteiger partial charge in [0, 0.05) is 17.6 Å². The van der Waals surface area contributed by atoms with Crippen LogP contribution >= 0.6 is 0 Å². The third-order valence-electron chi connectivity index (χ3n) is 3.52. The van der Waals surface area contributed by atoms with Crippen molar-refractivity contribution in [3.05, 3.63) is 66.2 Å². The number of fused-ring (bicyclic) bond motifs is 1. The predicted molar refractivity (Wildman–Crippen MR) is 85.9 cm³/mol. The van der Waals surface area contributed by atoms with Gasteiger partial charge in [0.1, 0.15) is 0 Å². The molecule has 0 aliphatic heterocycles. The maximum Gasteiger partial charge on any atom is 0.160 e. The van der Waals surface area contributed by atoms with E-state index in [-0.39, 0.29) is 5.75 Å². The average molecular weight is 279 g/mol. The third-order valence-corrected chi connectivity index (χ3v) is 3.52. The zero-order chi connectivity index (χ0) is 14.7. The Kier molecular flexibility index (Phi) is 3.65. The van der Waals surface area contributed by atoms with E-state index < -0.39 is 0 Å². The molecule has 0 aromatic heterocycles. The number of hydrogen-bond acceptors (Lipinski definition) is 3. The van der Waals surface area contributed by atoms with Crippen LogP contribution in [0.4, 0.5) is 5.69 Å². The molecule has 2 N–H and O–H groups in total. The number of hydrogen-bond donors (Lipinski definition) is 2. The van der Waals surface area contributed by atoms with Crippen molar-refractivity contribution >= 4 is 16.5 Å². The molecule has 0 radical (unpaired) electrons. The van der Waals surface area contributed by atoms with E-state index in [1.807, 2.05) is 30.3 Å². The fraction of sp³-hybridized carbons (Fsp3) is 0.111. The summed E-state index contributed by atoms with van der Waals surface area (Å²) in [5.41, 5.74) is 2.15. The van der Waals surface area contributed by atoms with Crippen LogP contribution in [-0.4, -0.2) is 12.2 Å². The Morgan fingerprint density at radius 1 is 1.00 bits per heavy atom. The first-order valence-corrected chi connectivity index (χ1v) is 6.85. The number of phenols is 1. The minimum absolute atomic E-state index is 0.159. The number of benzene rings is 3. The maximum absolute atomic E-state index is 9.62. The van der Waals surface area contributed by atoms with Crippen molar-refractivity contribution in [2.75, 3.05) is 12.4 Å². The van der Waals surface area contributed by atoms with E-state index in [4.69, 9.17) is 4.74 Å². The molecule has 0 spiro atoms. The number of methoxy groups -OCH3 is 1. The molecule has 0 bridgehead atoms. The number of anilines is 1. The summed E-state index contributed by atoms with van der Waals surface area (Å²) < 4.78 is 5.13. The van der Waals surface area contributed by atoms with Crippen molar-refractivity contribution in [3.8, 4) is 11.5 Å². The molecule has 0 unspecified atom stereocenters. The summed E-state index contributed by atoms with van der Waals surface area (Å²) in [6, 6.07) is 19.9. The molecule has 3 nitrogen and oxygen atoms in total. The lowest BCUT2D eigenvalue weighted by molar-refractivity contribution is 0.373. The lowest BCUT2D eigenvalue weighted by Gasteiger charge is -2.11. The summed E-state index contributed by atoms with van der Waals surface area (Å²) in [7, 11) is 1.55. The van der Waals surface area contributed by atoms with Gasteiger partial charge in [-0.3, -0.25) is 0 Å². The van der Waals surface area contributed by atoms with Crippen LogP contribution in [0.3, 0.4) is 0 Å². The summed E-state index contributed by atoms with van der Waals surface area (Å²) in [6.07, 6.45) is 0. The second-order valence-electron chi connectivity index (χ2n) is 4.89. The summed E-state index contributed by atoms with van der Waals surface area (Å²) in [5.74, 6) is 0.652. The van der Waals surface area contributed by atoms with Gasteiger partial charge in [-0.15, -0.1) is 0 Å². The van der Waals surface area contributed by atoms with Gasteiger partial charge in [0.05, 0.1) is 7.11 Å². The average Bonchev–Trinajstić information content (AvgIpc) is 2.54. The summed E-state index contributed by atoms with van der Waals surface area (Å²) in [6.45, 7) is 0.671. The van der Waals surface area contributed by atoms with E-state index in [2.05, 4.69) is 29.6 Å². The minimum Gasteiger partial charge on any atom is -0.504 e. The highest BCUT2D eigenvalue weighted by molar-refractivity contribution is 5.93. The number of nitrogens with one attached hydrogen (secondary N) is 1. The van der Waals surface area contributed by atoms with Gasteiger partial charge in [-0.2, -0.15) is 0 Å². The number of rotatable bonds is 4. The SMILES string of the molecule is COc1cc(CNc2cccc3ccccc23)ccc1O. The van der Waals surface area contributed by atoms with Crippen LogP contribution in [0.15, 0.2) is 60.7 Å². The molecule has 0 heterocycles. The van der Waals surface area contributed by atoms with Crippen LogP contribution < -0.4 is 10.1 Å². The Labute approximate surface area is 123 Å². The molecule has 0 atom stereocenters. The smallest absolute Gasteiger partial charge is 0.160 e. The van der Waals surface area contributed by atoms with Gasteiger partial charge in [-0.05, 0) is 29.1 Å². The van der Waals surface area contributed by atoms with E-state index in [1.54, 1.807) is 13.2 Å². The van der Waals surface area contributed by atoms with Crippen molar-refractivity contribution in [1.82, 2.24) is 0 Å². The molecule has 3 aromatic carbocycles. The molecular formula is C18H17NO2. The predicted octanol–water partition coefficient (Wildman–Crippen LogP) is 4.17. The van der Waals surface area contributed by atoms with Crippen LogP contribution in [0.25, 0.3) is 10.8 Å². The number of ether oxygens (including phenoxy) is 1. The normalized spacial score (nSPS) is 10.5. The molecule has 0 amide bonds. The fourth-order valence-electron chi connectivity index (χ4n) is 2.41. The quantitative estimate of drug-likeness (QED) is 0.753. The standard InChI is InChI=1S/C18H17NO2/c1-21-18-11-13(9-10-17(18)20)12-19-16-8-4-6-14-5-2-3-7-15(14)16/h2-11,19-20H,12H2,1H3. The highest BCUT2D eigenvalue weighted by atomic mass is 16.5. The van der Waals surface area contributed by atoms with E-state index in [1.165, 1.54) is 10.8 Å². The van der Waals surface area contributed by atoms with Crippen LogP contribution in [0, 0.1) is 0 Å². The second kappa shape index (κ2) is 5.75. The Balaban J connectivity index is 1.83. The lowest BCUT2D eigenvalue weighted by atomic mass is 10.1. The van der Waals surface area contributed by atoms with Crippen LogP contribution in [-0.2, 0) is 6.54 Å². The topological polar surface area (TPSA) is 41.5 Å². The van der Waals surface area contributed by atoms with Gasteiger partial charge in [-0.1, -0.05) is 42.5 Å². The molecule has 0 fully saturated rings. The van der Waals surface area contributed by atoms with Gasteiger partial charge < -0.3 is 15.2 Å². The second-order valence-corrected chi connectivity index (χ2v) is 4.89. The zero-order valence-electron chi connectivity index (χ0n) is 11.8. The first kappa shape index (κ1) is 13.3. The van der Waals surface area contributed by atoms with E-state index in [9.17, 15) is 5.11 Å². The molecule has 106 valence electrons. The van der Waals surface area contributed by atoms with Gasteiger partial charge in [-0.25, -0.2) is 0 Å². The summed E-state index contributed by atoms with van der Waals surface area (Å²) >= 11 is 0. The Morgan fingerprint density at radius 3 is 2.67 bits per heavy atom. The lowest BCUT2D eigenvalue weighted by Crippen LogP contribution is -2.00. The first-order chi connectivity index (χ1) is 10.3. The van der Waals surface area contributed by atoms with Crippen LogP contribution in [0.5, 0.6) is 11.5 Å². The molecule has 0 aliphatic carbocycles. The van der Waals surface area contributed by atoms with Crippen LogP contribution in [0.2, 0.25) is 0 Å². The molecular weight excluding hydrogens is 262 g/mol. The van der Waals surface area contributed by atoms with E-state index in [0.29, 0.717) is 12.3 Å². The summed E-state index contributed by atoms with van der Waals surface area (Å²) in [5, 5.41) is 15.5. The minimum atomic E-state index is 0.159. The molecule has 0 saturated carbocycles. The van der Waals surface area contributed by atoms with Crippen LogP contribution in [0.1, 0.15) is 5.56 Å². The van der Waals surface area contributed by atoms with Crippen molar-refractivity contribution in [2.24, 2.45) is 0 Å². The monoisotopic (exact) mass is 279 g/mol. The van der Waals surface area contributed by atoms with E-state index in [0.717, 1.165) is 11.3 Å². The Bertz CT molecular complexity index is 763. The van der Waals surface area contributed by atoms with Gasteiger partial charge in [0.2, 0.25) is 0 Å². The first-order valence-electron chi connectivity index (χ1n) is 6.85. The van der Waals surface area contributed by atoms with Crippen molar-refractivity contribution in [1.29, 1.82) is 0 Å². The van der Waals surface area contributed by atoms with Crippen molar-refractivity contribution < 1.29 is 9.84 Å². The number of aromatic hydroxyl groups is 1.